The van der Waals surface area contributed by atoms with Gasteiger partial charge in [0.25, 0.3) is 5.60 Å². The van der Waals surface area contributed by atoms with Gasteiger partial charge in [0.15, 0.2) is 0 Å². The van der Waals surface area contributed by atoms with Gasteiger partial charge < -0.3 is 35.0 Å². The van der Waals surface area contributed by atoms with Crippen molar-refractivity contribution in [3.8, 4) is 0 Å². The number of carboxylic acids is 3. The largest absolute Gasteiger partial charge is 0.501 e. The zero-order valence-corrected chi connectivity index (χ0v) is 23.2. The van der Waals surface area contributed by atoms with E-state index < -0.39 is 65.1 Å². The minimum atomic E-state index is -2.24. The standard InChI is InChI=1S/C24H32N2O11S2/c1-12(18(28)25-7-3-5-14(25)20(30)31)9-38-11-24(23(35)36)17(16(27)22(34)37-24)39-10-13(2)19(29)26-8-4-6-15(26)21(32)33/h12-15,27H,3-11H2,1-2H3,(H,30,31)(H,32,33)(H,35,36). The molecule has 0 aromatic rings. The van der Waals surface area contributed by atoms with Crippen molar-refractivity contribution in [3.63, 3.8) is 0 Å². The number of ether oxygens (including phenoxy) is 1. The number of rotatable bonds is 12. The Hall–Kier alpha value is -2.94. The number of carbonyl (C=O) groups excluding carboxylic acids is 3. The quantitative estimate of drug-likeness (QED) is 0.236. The van der Waals surface area contributed by atoms with E-state index >= 15 is 0 Å². The minimum Gasteiger partial charge on any atom is -0.501 e. The number of esters is 1. The third-order valence-corrected chi connectivity index (χ3v) is 9.85. The summed E-state index contributed by atoms with van der Waals surface area (Å²) in [6.07, 6.45) is 1.82. The van der Waals surface area contributed by atoms with Crippen LogP contribution in [-0.4, -0.2) is 114 Å². The molecule has 0 aromatic heterocycles. The Bertz CT molecular complexity index is 1080. The van der Waals surface area contributed by atoms with Crippen LogP contribution in [0.15, 0.2) is 10.7 Å². The number of hydrogen-bond donors (Lipinski definition) is 4. The van der Waals surface area contributed by atoms with E-state index in [9.17, 15) is 49.2 Å². The number of hydrogen-bond acceptors (Lipinski definition) is 10. The molecule has 3 rings (SSSR count). The molecule has 15 heteroatoms. The first-order valence-electron chi connectivity index (χ1n) is 12.5. The molecular weight excluding hydrogens is 556 g/mol. The fourth-order valence-electron chi connectivity index (χ4n) is 4.89. The molecule has 5 unspecified atom stereocenters. The Kier molecular flexibility index (Phi) is 9.80. The number of aliphatic hydroxyl groups excluding tert-OH is 1. The molecule has 4 N–H and O–H groups in total. The van der Waals surface area contributed by atoms with Gasteiger partial charge in [0.05, 0.1) is 4.91 Å². The van der Waals surface area contributed by atoms with E-state index in [-0.39, 0.29) is 34.6 Å². The normalized spacial score (nSPS) is 26.5. The number of carbonyl (C=O) groups is 6. The van der Waals surface area contributed by atoms with Crippen molar-refractivity contribution in [1.82, 2.24) is 9.80 Å². The Balaban J connectivity index is 1.66. The van der Waals surface area contributed by atoms with Crippen molar-refractivity contribution in [2.24, 2.45) is 11.8 Å². The highest BCUT2D eigenvalue weighted by atomic mass is 32.2. The molecule has 0 radical (unpaired) electrons. The first kappa shape index (κ1) is 30.6. The molecule has 2 saturated heterocycles. The number of carboxylic acid groups (broad SMARTS) is 3. The molecule has 39 heavy (non-hydrogen) atoms. The summed E-state index contributed by atoms with van der Waals surface area (Å²) < 4.78 is 5.12. The average molecular weight is 589 g/mol. The molecule has 0 aromatic carbocycles. The lowest BCUT2D eigenvalue weighted by molar-refractivity contribution is -0.165. The van der Waals surface area contributed by atoms with Crippen molar-refractivity contribution < 1.29 is 53.9 Å². The van der Waals surface area contributed by atoms with Gasteiger partial charge in [0, 0.05) is 42.2 Å². The second-order valence-electron chi connectivity index (χ2n) is 9.88. The van der Waals surface area contributed by atoms with Gasteiger partial charge in [0.1, 0.15) is 12.1 Å². The van der Waals surface area contributed by atoms with E-state index in [2.05, 4.69) is 0 Å². The fourth-order valence-corrected chi connectivity index (χ4v) is 7.42. The number of thioether (sulfide) groups is 2. The van der Waals surface area contributed by atoms with Crippen LogP contribution >= 0.6 is 23.5 Å². The van der Waals surface area contributed by atoms with Crippen molar-refractivity contribution >= 4 is 59.2 Å². The van der Waals surface area contributed by atoms with Gasteiger partial charge in [-0.15, -0.1) is 11.8 Å². The maximum atomic E-state index is 12.9. The number of aliphatic hydroxyl groups is 1. The molecule has 0 saturated carbocycles. The van der Waals surface area contributed by atoms with E-state index in [0.29, 0.717) is 32.2 Å². The molecule has 5 atom stereocenters. The number of nitrogens with zero attached hydrogens (tertiary/aromatic N) is 2. The zero-order valence-electron chi connectivity index (χ0n) is 21.5. The fraction of sp³-hybridized carbons (Fsp3) is 0.667. The van der Waals surface area contributed by atoms with Crippen LogP contribution in [0.3, 0.4) is 0 Å². The van der Waals surface area contributed by atoms with Gasteiger partial charge in [0.2, 0.25) is 17.6 Å². The van der Waals surface area contributed by atoms with E-state index in [1.54, 1.807) is 13.8 Å². The summed E-state index contributed by atoms with van der Waals surface area (Å²) in [6.45, 7) is 3.76. The SMILES string of the molecule is CC(CSCC1(C(=O)O)OC(=O)C(O)=C1SCC(C)C(=O)N1CCCC1C(=O)O)C(=O)N1CCCC1C(=O)O. The van der Waals surface area contributed by atoms with Crippen LogP contribution < -0.4 is 0 Å². The molecule has 2 amide bonds. The van der Waals surface area contributed by atoms with Gasteiger partial charge in [-0.2, -0.15) is 11.8 Å². The van der Waals surface area contributed by atoms with E-state index in [1.165, 1.54) is 9.80 Å². The highest BCUT2D eigenvalue weighted by molar-refractivity contribution is 8.03. The maximum Gasteiger partial charge on any atom is 0.375 e. The monoisotopic (exact) mass is 588 g/mol. The lowest BCUT2D eigenvalue weighted by Crippen LogP contribution is -2.45. The van der Waals surface area contributed by atoms with Crippen molar-refractivity contribution in [2.45, 2.75) is 57.2 Å². The van der Waals surface area contributed by atoms with Crippen molar-refractivity contribution in [1.29, 1.82) is 0 Å². The molecule has 0 aliphatic carbocycles. The van der Waals surface area contributed by atoms with Crippen LogP contribution in [0, 0.1) is 11.8 Å². The van der Waals surface area contributed by atoms with Gasteiger partial charge in [-0.25, -0.2) is 19.2 Å². The topological polar surface area (TPSA) is 199 Å². The van der Waals surface area contributed by atoms with Gasteiger partial charge in [-0.05, 0) is 25.7 Å². The predicted octanol–water partition coefficient (Wildman–Crippen LogP) is 1.03. The third kappa shape index (κ3) is 6.29. The number of aliphatic carboxylic acids is 3. The molecule has 3 heterocycles. The minimum absolute atomic E-state index is 0.0438. The highest BCUT2D eigenvalue weighted by Crippen LogP contribution is 2.43. The van der Waals surface area contributed by atoms with Crippen LogP contribution in [0.1, 0.15) is 39.5 Å². The highest BCUT2D eigenvalue weighted by Gasteiger charge is 2.55. The first-order chi connectivity index (χ1) is 18.3. The Morgan fingerprint density at radius 2 is 1.41 bits per heavy atom. The van der Waals surface area contributed by atoms with Crippen molar-refractivity contribution in [3.05, 3.63) is 10.7 Å². The summed E-state index contributed by atoms with van der Waals surface area (Å²) in [7, 11) is 0. The summed E-state index contributed by atoms with van der Waals surface area (Å²) in [5, 5.41) is 39.1. The van der Waals surface area contributed by atoms with Crippen LogP contribution in [0.25, 0.3) is 0 Å². The molecule has 2 fully saturated rings. The van der Waals surface area contributed by atoms with E-state index in [1.807, 2.05) is 0 Å². The lowest BCUT2D eigenvalue weighted by Gasteiger charge is -2.28. The summed E-state index contributed by atoms with van der Waals surface area (Å²) in [4.78, 5) is 75.4. The Morgan fingerprint density at radius 1 is 0.923 bits per heavy atom. The molecule has 0 spiro atoms. The number of cyclic esters (lactones) is 1. The summed E-state index contributed by atoms with van der Waals surface area (Å²) in [6, 6.07) is -1.83. The molecule has 13 nitrogen and oxygen atoms in total. The van der Waals surface area contributed by atoms with Crippen molar-refractivity contribution in [2.75, 3.05) is 30.3 Å². The third-order valence-electron chi connectivity index (χ3n) is 7.02. The van der Waals surface area contributed by atoms with Gasteiger partial charge in [-0.1, -0.05) is 13.8 Å². The molecule has 3 aliphatic rings. The second-order valence-corrected chi connectivity index (χ2v) is 11.9. The smallest absolute Gasteiger partial charge is 0.375 e. The van der Waals surface area contributed by atoms with Crippen LogP contribution in [-0.2, 0) is 33.5 Å². The molecular formula is C24H32N2O11S2. The predicted molar refractivity (Wildman–Crippen MR) is 139 cm³/mol. The first-order valence-corrected chi connectivity index (χ1v) is 14.6. The maximum absolute atomic E-state index is 12.9. The molecule has 3 aliphatic heterocycles. The van der Waals surface area contributed by atoms with Gasteiger partial charge >= 0.3 is 23.9 Å². The van der Waals surface area contributed by atoms with E-state index in [0.717, 1.165) is 23.5 Å². The summed E-state index contributed by atoms with van der Waals surface area (Å²) >= 11 is 1.78. The average Bonchev–Trinajstić information content (AvgIpc) is 3.61. The summed E-state index contributed by atoms with van der Waals surface area (Å²) in [5.41, 5.74) is -2.24. The van der Waals surface area contributed by atoms with Crippen LogP contribution in [0.2, 0.25) is 0 Å². The Morgan fingerprint density at radius 3 is 1.87 bits per heavy atom. The zero-order chi connectivity index (χ0) is 29.1. The molecule has 0 bridgehead atoms. The van der Waals surface area contributed by atoms with E-state index in [4.69, 9.17) is 4.74 Å². The number of likely N-dealkylation sites (tertiary alicyclic amines) is 2. The lowest BCUT2D eigenvalue weighted by atomic mass is 10.1. The van der Waals surface area contributed by atoms with Crippen LogP contribution in [0.5, 0.6) is 0 Å². The number of amides is 2. The van der Waals surface area contributed by atoms with Crippen LogP contribution in [0.4, 0.5) is 0 Å². The molecule has 216 valence electrons. The Labute approximate surface area is 232 Å². The second kappa shape index (κ2) is 12.5. The van der Waals surface area contributed by atoms with Gasteiger partial charge in [-0.3, -0.25) is 9.59 Å². The summed E-state index contributed by atoms with van der Waals surface area (Å²) in [5.74, 6) is -8.30.